The Morgan fingerprint density at radius 1 is 0.875 bits per heavy atom. The van der Waals surface area contributed by atoms with E-state index in [1.807, 2.05) is 43.3 Å². The fraction of sp³-hybridized carbons (Fsp3) is 0.333. The van der Waals surface area contributed by atoms with E-state index in [0.717, 1.165) is 24.8 Å². The van der Waals surface area contributed by atoms with Crippen molar-refractivity contribution in [3.63, 3.8) is 0 Å². The molecule has 1 N–H and O–H groups in total. The number of likely N-dealkylation sites (tertiary alicyclic amines) is 1. The molecule has 0 radical (unpaired) electrons. The molecule has 0 saturated carbocycles. The van der Waals surface area contributed by atoms with Crippen LogP contribution in [0, 0.1) is 0 Å². The number of nitrogens with zero attached hydrogens (tertiary/aromatic N) is 1. The van der Waals surface area contributed by atoms with E-state index >= 15 is 0 Å². The number of ketones is 1. The Bertz CT molecular complexity index is 1330. The summed E-state index contributed by atoms with van der Waals surface area (Å²) in [7, 11) is 1.56. The van der Waals surface area contributed by atoms with Crippen molar-refractivity contribution in [1.29, 1.82) is 0 Å². The molecule has 4 rings (SSSR count). The van der Waals surface area contributed by atoms with Gasteiger partial charge in [0, 0.05) is 12.1 Å². The number of carbonyl (C=O) groups excluding carboxylic acids is 2. The van der Waals surface area contributed by atoms with Gasteiger partial charge >= 0.3 is 0 Å². The Kier molecular flexibility index (Phi) is 9.84. The number of aliphatic hydroxyl groups excluding tert-OH is 1. The molecule has 1 amide bonds. The number of aliphatic hydroxyl groups is 1. The number of hydrogen-bond donors (Lipinski definition) is 1. The van der Waals surface area contributed by atoms with Crippen LogP contribution in [0.4, 0.5) is 0 Å². The Labute approximate surface area is 236 Å². The van der Waals surface area contributed by atoms with Gasteiger partial charge in [-0.25, -0.2) is 0 Å². The van der Waals surface area contributed by atoms with Gasteiger partial charge in [-0.3, -0.25) is 9.59 Å². The molecule has 0 aromatic heterocycles. The van der Waals surface area contributed by atoms with Gasteiger partial charge in [0.15, 0.2) is 11.5 Å². The van der Waals surface area contributed by atoms with Gasteiger partial charge in [0.05, 0.1) is 31.9 Å². The van der Waals surface area contributed by atoms with E-state index in [1.165, 1.54) is 4.90 Å². The number of methoxy groups -OCH3 is 1. The highest BCUT2D eigenvalue weighted by atomic mass is 16.5. The number of ether oxygens (including phenoxy) is 3. The Balaban J connectivity index is 1.75. The van der Waals surface area contributed by atoms with E-state index in [0.29, 0.717) is 54.6 Å². The summed E-state index contributed by atoms with van der Waals surface area (Å²) >= 11 is 0. The van der Waals surface area contributed by atoms with Crippen molar-refractivity contribution >= 4 is 17.4 Å². The minimum Gasteiger partial charge on any atom is -0.507 e. The van der Waals surface area contributed by atoms with E-state index in [1.54, 1.807) is 43.5 Å². The number of benzene rings is 3. The van der Waals surface area contributed by atoms with Crippen LogP contribution in [0.15, 0.2) is 78.4 Å². The van der Waals surface area contributed by atoms with Crippen LogP contribution in [-0.2, 0) is 16.0 Å². The average molecular weight is 544 g/mol. The molecular formula is C33H37NO6. The molecule has 3 aromatic rings. The molecule has 1 atom stereocenters. The van der Waals surface area contributed by atoms with Crippen LogP contribution in [0.25, 0.3) is 5.76 Å². The second-order valence-corrected chi connectivity index (χ2v) is 9.71. The van der Waals surface area contributed by atoms with E-state index in [-0.39, 0.29) is 11.3 Å². The zero-order valence-corrected chi connectivity index (χ0v) is 23.4. The Morgan fingerprint density at radius 2 is 1.62 bits per heavy atom. The maximum Gasteiger partial charge on any atom is 0.295 e. The third-order valence-electron chi connectivity index (χ3n) is 6.88. The lowest BCUT2D eigenvalue weighted by Crippen LogP contribution is -2.31. The van der Waals surface area contributed by atoms with Crippen molar-refractivity contribution in [3.05, 3.63) is 95.1 Å². The minimum absolute atomic E-state index is 0.0435. The third kappa shape index (κ3) is 6.47. The maximum atomic E-state index is 13.4. The van der Waals surface area contributed by atoms with Crippen LogP contribution in [0.5, 0.6) is 17.2 Å². The fourth-order valence-electron chi connectivity index (χ4n) is 4.74. The molecule has 0 bridgehead atoms. The van der Waals surface area contributed by atoms with Crippen molar-refractivity contribution in [2.24, 2.45) is 0 Å². The monoisotopic (exact) mass is 543 g/mol. The summed E-state index contributed by atoms with van der Waals surface area (Å²) < 4.78 is 17.2. The van der Waals surface area contributed by atoms with Gasteiger partial charge in [-0.05, 0) is 66.8 Å². The summed E-state index contributed by atoms with van der Waals surface area (Å²) in [5.74, 6) is 0.163. The van der Waals surface area contributed by atoms with Crippen molar-refractivity contribution in [2.45, 2.75) is 45.6 Å². The van der Waals surface area contributed by atoms with Crippen molar-refractivity contribution in [2.75, 3.05) is 26.9 Å². The summed E-state index contributed by atoms with van der Waals surface area (Å²) in [5.41, 5.74) is 2.17. The number of Topliss-reactive ketones (excluding diaryl/α,β-unsaturated/α-hetero) is 1. The van der Waals surface area contributed by atoms with Gasteiger partial charge in [-0.1, -0.05) is 56.7 Å². The number of hydrogen-bond acceptors (Lipinski definition) is 6. The lowest BCUT2D eigenvalue weighted by Gasteiger charge is -2.26. The summed E-state index contributed by atoms with van der Waals surface area (Å²) in [6.45, 7) is 5.55. The normalized spacial score (nSPS) is 16.3. The summed E-state index contributed by atoms with van der Waals surface area (Å²) in [4.78, 5) is 28.4. The van der Waals surface area contributed by atoms with Gasteiger partial charge in [-0.15, -0.1) is 0 Å². The SMILES string of the molecule is CCCCOc1ccc(C2/C(=C(\O)c3ccc(OCCC)cc3)C(=O)C(=O)N2CCc2ccccc2)cc1OC. The first kappa shape index (κ1) is 28.7. The predicted molar refractivity (Wildman–Crippen MR) is 155 cm³/mol. The molecule has 0 aliphatic carbocycles. The highest BCUT2D eigenvalue weighted by Gasteiger charge is 2.46. The molecule has 1 aliphatic rings. The molecule has 1 aliphatic heterocycles. The quantitative estimate of drug-likeness (QED) is 0.117. The fourth-order valence-corrected chi connectivity index (χ4v) is 4.74. The van der Waals surface area contributed by atoms with Gasteiger partial charge in [0.1, 0.15) is 11.5 Å². The van der Waals surface area contributed by atoms with Gasteiger partial charge in [0.2, 0.25) is 0 Å². The van der Waals surface area contributed by atoms with Crippen molar-refractivity contribution < 1.29 is 28.9 Å². The Hall–Kier alpha value is -4.26. The highest BCUT2D eigenvalue weighted by Crippen LogP contribution is 2.42. The average Bonchev–Trinajstić information content (AvgIpc) is 3.24. The molecule has 7 nitrogen and oxygen atoms in total. The molecule has 210 valence electrons. The minimum atomic E-state index is -0.793. The van der Waals surface area contributed by atoms with Crippen molar-refractivity contribution in [3.8, 4) is 17.2 Å². The number of carbonyl (C=O) groups is 2. The van der Waals surface area contributed by atoms with Gasteiger partial charge in [0.25, 0.3) is 11.7 Å². The van der Waals surface area contributed by atoms with Crippen LogP contribution < -0.4 is 14.2 Å². The molecule has 3 aromatic carbocycles. The first-order chi connectivity index (χ1) is 19.5. The molecule has 1 unspecified atom stereocenters. The molecule has 0 spiro atoms. The first-order valence-corrected chi connectivity index (χ1v) is 13.8. The van der Waals surface area contributed by atoms with Crippen LogP contribution >= 0.6 is 0 Å². The second kappa shape index (κ2) is 13.7. The zero-order valence-electron chi connectivity index (χ0n) is 23.4. The topological polar surface area (TPSA) is 85.3 Å². The van der Waals surface area contributed by atoms with Crippen LogP contribution in [0.1, 0.15) is 55.8 Å². The van der Waals surface area contributed by atoms with E-state index in [9.17, 15) is 14.7 Å². The zero-order chi connectivity index (χ0) is 28.5. The number of unbranched alkanes of at least 4 members (excludes halogenated alkanes) is 1. The molecule has 1 fully saturated rings. The smallest absolute Gasteiger partial charge is 0.295 e. The number of amides is 1. The summed E-state index contributed by atoms with van der Waals surface area (Å²) in [6.07, 6.45) is 3.35. The number of rotatable bonds is 13. The van der Waals surface area contributed by atoms with E-state index in [4.69, 9.17) is 14.2 Å². The van der Waals surface area contributed by atoms with Crippen LogP contribution in [0.3, 0.4) is 0 Å². The summed E-state index contributed by atoms with van der Waals surface area (Å²) in [5, 5.41) is 11.4. The third-order valence-corrected chi connectivity index (χ3v) is 6.88. The standard InChI is InChI=1S/C33H37NO6/c1-4-6-21-40-27-17-14-25(22-28(27)38-3)30-29(31(35)24-12-15-26(16-13-24)39-20-5-2)32(36)33(37)34(30)19-18-23-10-8-7-9-11-23/h7-17,22,30,35H,4-6,18-21H2,1-3H3/b31-29+. The molecular weight excluding hydrogens is 506 g/mol. The second-order valence-electron chi connectivity index (χ2n) is 9.71. The predicted octanol–water partition coefficient (Wildman–Crippen LogP) is 6.33. The Morgan fingerprint density at radius 3 is 2.30 bits per heavy atom. The summed E-state index contributed by atoms with van der Waals surface area (Å²) in [6, 6.07) is 21.3. The van der Waals surface area contributed by atoms with Crippen molar-refractivity contribution in [1.82, 2.24) is 4.90 Å². The molecule has 40 heavy (non-hydrogen) atoms. The van der Waals surface area contributed by atoms with Crippen LogP contribution in [-0.4, -0.2) is 48.6 Å². The van der Waals surface area contributed by atoms with Gasteiger partial charge in [-0.2, -0.15) is 0 Å². The van der Waals surface area contributed by atoms with Gasteiger partial charge < -0.3 is 24.2 Å². The lowest BCUT2D eigenvalue weighted by molar-refractivity contribution is -0.139. The first-order valence-electron chi connectivity index (χ1n) is 13.8. The van der Waals surface area contributed by atoms with E-state index in [2.05, 4.69) is 6.92 Å². The van der Waals surface area contributed by atoms with E-state index < -0.39 is 17.7 Å². The maximum absolute atomic E-state index is 13.4. The largest absolute Gasteiger partial charge is 0.507 e. The molecule has 7 heteroatoms. The highest BCUT2D eigenvalue weighted by molar-refractivity contribution is 6.46. The van der Waals surface area contributed by atoms with Crippen LogP contribution in [0.2, 0.25) is 0 Å². The lowest BCUT2D eigenvalue weighted by atomic mass is 9.94. The molecule has 1 heterocycles. The molecule has 1 saturated heterocycles.